The number of anilines is 4. The second-order valence-corrected chi connectivity index (χ2v) is 14.9. The van der Waals surface area contributed by atoms with Gasteiger partial charge in [0.05, 0.1) is 6.33 Å². The van der Waals surface area contributed by atoms with E-state index in [4.69, 9.17) is 19.7 Å². The molecule has 4 aromatic rings. The maximum absolute atomic E-state index is 12.7. The third-order valence-corrected chi connectivity index (χ3v) is 8.88. The van der Waals surface area contributed by atoms with E-state index in [0.717, 1.165) is 78.1 Å². The Morgan fingerprint density at radius 3 is 2.38 bits per heavy atom. The quantitative estimate of drug-likeness (QED) is 0.184. The van der Waals surface area contributed by atoms with Gasteiger partial charge in [-0.1, -0.05) is 30.3 Å². The van der Waals surface area contributed by atoms with Gasteiger partial charge in [-0.3, -0.25) is 4.79 Å². The fourth-order valence-corrected chi connectivity index (χ4v) is 6.49. The Morgan fingerprint density at radius 1 is 0.938 bits per heavy atom. The van der Waals surface area contributed by atoms with E-state index in [1.54, 1.807) is 0 Å². The molecule has 2 aromatic carbocycles. The molecule has 0 atom stereocenters. The van der Waals surface area contributed by atoms with Crippen LogP contribution < -0.4 is 20.9 Å². The number of carbonyl (C=O) groups excluding carboxylic acids is 2. The molecular formula is C37H48N8O3. The lowest BCUT2D eigenvalue weighted by molar-refractivity contribution is -0.116. The van der Waals surface area contributed by atoms with Crippen molar-refractivity contribution in [1.82, 2.24) is 24.8 Å². The number of amides is 2. The second-order valence-electron chi connectivity index (χ2n) is 14.9. The highest BCUT2D eigenvalue weighted by molar-refractivity contribution is 5.92. The predicted molar refractivity (Wildman–Crippen MR) is 190 cm³/mol. The molecule has 1 aliphatic heterocycles. The highest BCUT2D eigenvalue weighted by Crippen LogP contribution is 2.39. The van der Waals surface area contributed by atoms with E-state index in [2.05, 4.69) is 58.3 Å². The summed E-state index contributed by atoms with van der Waals surface area (Å²) < 4.78 is 7.56. The molecule has 3 N–H and O–H groups in total. The molecule has 3 heterocycles. The molecule has 254 valence electrons. The number of nitrogens with one attached hydrogen (secondary N) is 3. The van der Waals surface area contributed by atoms with E-state index < -0.39 is 5.60 Å². The zero-order valence-corrected chi connectivity index (χ0v) is 29.0. The molecule has 0 saturated heterocycles. The number of alkyl carbamates (subject to hydrolysis) is 1. The first-order valence-corrected chi connectivity index (χ1v) is 17.1. The number of benzene rings is 2. The number of hydrogen-bond donors (Lipinski definition) is 3. The Hall–Kier alpha value is -4.67. The molecule has 6 rings (SSSR count). The minimum absolute atomic E-state index is 0.00394. The summed E-state index contributed by atoms with van der Waals surface area (Å²) in [5, 5.41) is 9.73. The van der Waals surface area contributed by atoms with Crippen molar-refractivity contribution in [3.63, 3.8) is 0 Å². The summed E-state index contributed by atoms with van der Waals surface area (Å²) in [5.74, 6) is 1.34. The lowest BCUT2D eigenvalue weighted by Gasteiger charge is -2.31. The summed E-state index contributed by atoms with van der Waals surface area (Å²) in [6.45, 7) is 12.8. The minimum Gasteiger partial charge on any atom is -0.444 e. The van der Waals surface area contributed by atoms with Crippen LogP contribution in [-0.4, -0.2) is 55.7 Å². The van der Waals surface area contributed by atoms with Gasteiger partial charge in [0, 0.05) is 42.0 Å². The summed E-state index contributed by atoms with van der Waals surface area (Å²) in [5.41, 5.74) is 4.96. The zero-order valence-electron chi connectivity index (χ0n) is 29.0. The van der Waals surface area contributed by atoms with Gasteiger partial charge in [-0.05, 0) is 109 Å². The molecule has 1 saturated carbocycles. The summed E-state index contributed by atoms with van der Waals surface area (Å²) in [6.07, 6.45) is 6.89. The van der Waals surface area contributed by atoms with Gasteiger partial charge >= 0.3 is 6.09 Å². The molecule has 1 aliphatic carbocycles. The zero-order chi connectivity index (χ0) is 34.1. The monoisotopic (exact) mass is 652 g/mol. The molecule has 1 fully saturated rings. The summed E-state index contributed by atoms with van der Waals surface area (Å²) in [4.78, 5) is 42.1. The number of aryl methyl sites for hydroxylation is 1. The maximum atomic E-state index is 12.7. The molecule has 48 heavy (non-hydrogen) atoms. The Morgan fingerprint density at radius 2 is 1.67 bits per heavy atom. The van der Waals surface area contributed by atoms with Crippen LogP contribution in [-0.2, 0) is 27.9 Å². The van der Waals surface area contributed by atoms with E-state index in [0.29, 0.717) is 18.8 Å². The molecular weight excluding hydrogens is 604 g/mol. The van der Waals surface area contributed by atoms with Gasteiger partial charge in [-0.15, -0.1) is 0 Å². The predicted octanol–water partition coefficient (Wildman–Crippen LogP) is 7.09. The van der Waals surface area contributed by atoms with E-state index >= 15 is 0 Å². The highest BCUT2D eigenvalue weighted by atomic mass is 16.6. The molecule has 2 aliphatic rings. The van der Waals surface area contributed by atoms with Crippen molar-refractivity contribution in [2.45, 2.75) is 110 Å². The highest BCUT2D eigenvalue weighted by Gasteiger charge is 2.30. The number of imidazole rings is 1. The summed E-state index contributed by atoms with van der Waals surface area (Å²) >= 11 is 0. The number of fused-ring (bicyclic) bond motifs is 2. The number of nitrogens with zero attached hydrogens (tertiary/aromatic N) is 5. The molecule has 0 bridgehead atoms. The van der Waals surface area contributed by atoms with Crippen LogP contribution in [0.25, 0.3) is 11.2 Å². The van der Waals surface area contributed by atoms with Gasteiger partial charge in [0.2, 0.25) is 11.9 Å². The molecule has 11 heteroatoms. The van der Waals surface area contributed by atoms with Crippen molar-refractivity contribution >= 4 is 46.3 Å². The van der Waals surface area contributed by atoms with Crippen molar-refractivity contribution in [2.24, 2.45) is 0 Å². The molecule has 2 amide bonds. The van der Waals surface area contributed by atoms with Gasteiger partial charge in [0.15, 0.2) is 17.0 Å². The van der Waals surface area contributed by atoms with Crippen molar-refractivity contribution in [3.05, 3.63) is 66.0 Å². The third-order valence-electron chi connectivity index (χ3n) is 8.88. The molecule has 2 aromatic heterocycles. The Kier molecular flexibility index (Phi) is 9.31. The van der Waals surface area contributed by atoms with Gasteiger partial charge < -0.3 is 30.2 Å². The van der Waals surface area contributed by atoms with Crippen LogP contribution in [0.5, 0.6) is 0 Å². The summed E-state index contributed by atoms with van der Waals surface area (Å²) in [7, 11) is 0. The minimum atomic E-state index is -0.521. The van der Waals surface area contributed by atoms with Crippen molar-refractivity contribution in [1.29, 1.82) is 0 Å². The first-order chi connectivity index (χ1) is 22.8. The fraction of sp³-hybridized carbons (Fsp3) is 0.486. The van der Waals surface area contributed by atoms with Gasteiger partial charge in [0.25, 0.3) is 0 Å². The van der Waals surface area contributed by atoms with Gasteiger partial charge in [0.1, 0.15) is 5.60 Å². The fourth-order valence-electron chi connectivity index (χ4n) is 6.49. The average Bonchev–Trinajstić information content (AvgIpc) is 3.65. The third kappa shape index (κ3) is 7.89. The van der Waals surface area contributed by atoms with Crippen molar-refractivity contribution in [3.8, 4) is 0 Å². The second kappa shape index (κ2) is 13.4. The number of ether oxygens (including phenoxy) is 1. The lowest BCUT2D eigenvalue weighted by Crippen LogP contribution is -2.42. The number of aromatic nitrogens is 4. The topological polar surface area (TPSA) is 126 Å². The van der Waals surface area contributed by atoms with Crippen molar-refractivity contribution < 1.29 is 14.3 Å². The van der Waals surface area contributed by atoms with E-state index in [9.17, 15) is 9.59 Å². The molecule has 11 nitrogen and oxygen atoms in total. The Labute approximate surface area is 282 Å². The van der Waals surface area contributed by atoms with Crippen LogP contribution in [0.15, 0.2) is 54.9 Å². The number of rotatable bonds is 8. The molecule has 0 radical (unpaired) electrons. The van der Waals surface area contributed by atoms with Gasteiger partial charge in [-0.2, -0.15) is 9.97 Å². The van der Waals surface area contributed by atoms with Crippen molar-refractivity contribution in [2.75, 3.05) is 22.1 Å². The lowest BCUT2D eigenvalue weighted by atomic mass is 9.91. The van der Waals surface area contributed by atoms with Crippen LogP contribution >= 0.6 is 0 Å². The number of carbonyl (C=O) groups is 2. The maximum Gasteiger partial charge on any atom is 0.407 e. The number of hydrogen-bond acceptors (Lipinski definition) is 8. The smallest absolute Gasteiger partial charge is 0.407 e. The Balaban J connectivity index is 1.18. The first kappa shape index (κ1) is 33.2. The Bertz CT molecular complexity index is 1770. The van der Waals surface area contributed by atoms with Crippen LogP contribution in [0, 0.1) is 0 Å². The van der Waals surface area contributed by atoms with Crippen LogP contribution in [0.4, 0.5) is 27.9 Å². The normalized spacial score (nSPS) is 18.0. The van der Waals surface area contributed by atoms with Crippen LogP contribution in [0.1, 0.15) is 84.8 Å². The van der Waals surface area contributed by atoms with Crippen LogP contribution in [0.3, 0.4) is 0 Å². The van der Waals surface area contributed by atoms with Gasteiger partial charge in [-0.25, -0.2) is 9.78 Å². The molecule has 0 unspecified atom stereocenters. The van der Waals surface area contributed by atoms with E-state index in [1.165, 1.54) is 0 Å². The molecule has 0 spiro atoms. The average molecular weight is 653 g/mol. The standard InChI is InChI=1S/C37H48N8O3/c1-36(2,3)45-23-38-31-32(42-34(43-33(31)45)40-26-13-15-27(16-14-26)41-35(47)48-37(4,5)6)44-21-20-25-22-28(17-18-29(25)44)39-30(46)19-12-24-10-8-7-9-11-24/h7-11,17-18,22-23,26-27H,12-16,19-21H2,1-6H3,(H,39,46)(H,41,47)(H,40,42,43). The summed E-state index contributed by atoms with van der Waals surface area (Å²) in [6, 6.07) is 16.4. The van der Waals surface area contributed by atoms with E-state index in [-0.39, 0.29) is 29.6 Å². The van der Waals surface area contributed by atoms with Crippen LogP contribution in [0.2, 0.25) is 0 Å². The van der Waals surface area contributed by atoms with E-state index in [1.807, 2.05) is 63.5 Å². The first-order valence-electron chi connectivity index (χ1n) is 17.1. The SMILES string of the molecule is CC(C)(C)OC(=O)NC1CCC(Nc2nc(N3CCc4cc(NC(=O)CCc5ccccc5)ccc43)c3ncn(C(C)(C)C)c3n2)CC1. The largest absolute Gasteiger partial charge is 0.444 e.